The summed E-state index contributed by atoms with van der Waals surface area (Å²) < 4.78 is 0. The summed E-state index contributed by atoms with van der Waals surface area (Å²) in [4.78, 5) is 11.5. The number of carbonyl (C=O) groups is 1. The monoisotopic (exact) mass is 274 g/mol. The second-order valence-corrected chi connectivity index (χ2v) is 11.0. The largest absolute Gasteiger partial charge is 0.300 e. The lowest BCUT2D eigenvalue weighted by molar-refractivity contribution is -0.121. The maximum atomic E-state index is 11.5. The van der Waals surface area contributed by atoms with Gasteiger partial charge in [0.05, 0.1) is 8.07 Å². The Labute approximate surface area is 118 Å². The first-order valence-corrected chi connectivity index (χ1v) is 10.2. The number of rotatable bonds is 6. The Morgan fingerprint density at radius 2 is 1.68 bits per heavy atom. The van der Waals surface area contributed by atoms with E-state index in [4.69, 9.17) is 0 Å². The standard InChI is InChI=1S/C17H26OSi/c1-13(14(2)15(3)16(4)18)12-19(5,6)17-10-8-7-9-11-17/h7-11,14-15H,1,12H2,2-6H3. The fourth-order valence-corrected chi connectivity index (χ4v) is 5.18. The number of Topliss-reactive ketones (excluding diaryl/α,β-unsaturated/α-hetero) is 1. The summed E-state index contributed by atoms with van der Waals surface area (Å²) in [5, 5.41) is 1.46. The van der Waals surface area contributed by atoms with E-state index in [0.29, 0.717) is 0 Å². The molecule has 104 valence electrons. The normalized spacial score (nSPS) is 14.8. The Morgan fingerprint density at radius 1 is 1.16 bits per heavy atom. The Bertz CT molecular complexity index is 448. The van der Waals surface area contributed by atoms with Gasteiger partial charge in [0, 0.05) is 5.92 Å². The van der Waals surface area contributed by atoms with Crippen LogP contribution in [0.3, 0.4) is 0 Å². The Kier molecular flexibility index (Phi) is 5.30. The van der Waals surface area contributed by atoms with Crippen LogP contribution in [-0.2, 0) is 4.79 Å². The summed E-state index contributed by atoms with van der Waals surface area (Å²) >= 11 is 0. The second-order valence-electron chi connectivity index (χ2n) is 6.27. The lowest BCUT2D eigenvalue weighted by atomic mass is 9.88. The van der Waals surface area contributed by atoms with Crippen molar-refractivity contribution in [3.8, 4) is 0 Å². The van der Waals surface area contributed by atoms with E-state index in [1.807, 2.05) is 6.92 Å². The first-order chi connectivity index (χ1) is 8.75. The number of hydrogen-bond acceptors (Lipinski definition) is 1. The molecule has 0 fully saturated rings. The fourth-order valence-electron chi connectivity index (χ4n) is 2.43. The molecule has 0 spiro atoms. The van der Waals surface area contributed by atoms with E-state index in [1.165, 1.54) is 10.8 Å². The van der Waals surface area contributed by atoms with Crippen molar-refractivity contribution in [3.63, 3.8) is 0 Å². The van der Waals surface area contributed by atoms with Crippen LogP contribution in [0.15, 0.2) is 42.5 Å². The van der Waals surface area contributed by atoms with Crippen molar-refractivity contribution in [2.24, 2.45) is 11.8 Å². The molecular weight excluding hydrogens is 248 g/mol. The van der Waals surface area contributed by atoms with Crippen molar-refractivity contribution in [3.05, 3.63) is 42.5 Å². The molecule has 1 nitrogen and oxygen atoms in total. The van der Waals surface area contributed by atoms with E-state index in [1.54, 1.807) is 6.92 Å². The zero-order valence-electron chi connectivity index (χ0n) is 12.9. The number of ketones is 1. The highest BCUT2D eigenvalue weighted by Crippen LogP contribution is 2.27. The molecule has 0 N–H and O–H groups in total. The number of hydrogen-bond donors (Lipinski definition) is 0. The number of carbonyl (C=O) groups excluding carboxylic acids is 1. The van der Waals surface area contributed by atoms with Crippen LogP contribution < -0.4 is 5.19 Å². The van der Waals surface area contributed by atoms with Crippen LogP contribution in [0.5, 0.6) is 0 Å². The minimum atomic E-state index is -1.50. The average Bonchev–Trinajstić information content (AvgIpc) is 2.37. The summed E-state index contributed by atoms with van der Waals surface area (Å²) in [5.41, 5.74) is 1.23. The Hall–Kier alpha value is -1.15. The first kappa shape index (κ1) is 15.9. The molecule has 0 aliphatic heterocycles. The molecule has 0 amide bonds. The van der Waals surface area contributed by atoms with Gasteiger partial charge in [-0.3, -0.25) is 4.79 Å². The molecule has 2 heteroatoms. The lowest BCUT2D eigenvalue weighted by Crippen LogP contribution is -2.42. The van der Waals surface area contributed by atoms with Gasteiger partial charge in [0.15, 0.2) is 0 Å². The molecule has 1 aromatic carbocycles. The van der Waals surface area contributed by atoms with E-state index in [0.717, 1.165) is 6.04 Å². The SMILES string of the molecule is C=C(C[Si](C)(C)c1ccccc1)C(C)C(C)C(C)=O. The smallest absolute Gasteiger partial charge is 0.133 e. The molecule has 0 saturated carbocycles. The van der Waals surface area contributed by atoms with Crippen molar-refractivity contribution < 1.29 is 4.79 Å². The van der Waals surface area contributed by atoms with Gasteiger partial charge in [-0.2, -0.15) is 0 Å². The Balaban J connectivity index is 2.79. The third-order valence-electron chi connectivity index (χ3n) is 4.26. The number of benzene rings is 1. The minimum Gasteiger partial charge on any atom is -0.300 e. The van der Waals surface area contributed by atoms with Crippen molar-refractivity contribution in [1.82, 2.24) is 0 Å². The van der Waals surface area contributed by atoms with Crippen LogP contribution in [0.2, 0.25) is 19.1 Å². The molecule has 0 bridgehead atoms. The molecule has 0 aliphatic carbocycles. The zero-order chi connectivity index (χ0) is 14.6. The molecule has 1 aromatic rings. The van der Waals surface area contributed by atoms with E-state index in [2.05, 4.69) is 56.9 Å². The van der Waals surface area contributed by atoms with Crippen molar-refractivity contribution in [2.75, 3.05) is 0 Å². The van der Waals surface area contributed by atoms with Gasteiger partial charge in [-0.15, -0.1) is 0 Å². The van der Waals surface area contributed by atoms with Crippen LogP contribution in [-0.4, -0.2) is 13.9 Å². The molecule has 2 atom stereocenters. The van der Waals surface area contributed by atoms with Crippen LogP contribution in [0.4, 0.5) is 0 Å². The maximum absolute atomic E-state index is 11.5. The topological polar surface area (TPSA) is 17.1 Å². The van der Waals surface area contributed by atoms with Crippen LogP contribution in [0, 0.1) is 11.8 Å². The molecular formula is C17H26OSi. The molecule has 0 aromatic heterocycles. The van der Waals surface area contributed by atoms with Crippen molar-refractivity contribution in [2.45, 2.75) is 39.9 Å². The molecule has 0 saturated heterocycles. The van der Waals surface area contributed by atoms with E-state index >= 15 is 0 Å². The van der Waals surface area contributed by atoms with Gasteiger partial charge < -0.3 is 0 Å². The molecule has 0 aliphatic rings. The Morgan fingerprint density at radius 3 is 2.16 bits per heavy atom. The van der Waals surface area contributed by atoms with Gasteiger partial charge in [-0.1, -0.05) is 74.6 Å². The van der Waals surface area contributed by atoms with E-state index < -0.39 is 8.07 Å². The van der Waals surface area contributed by atoms with Gasteiger partial charge in [-0.25, -0.2) is 0 Å². The van der Waals surface area contributed by atoms with Crippen LogP contribution in [0.25, 0.3) is 0 Å². The summed E-state index contributed by atoms with van der Waals surface area (Å²) in [6.07, 6.45) is 0. The van der Waals surface area contributed by atoms with Gasteiger partial charge in [0.25, 0.3) is 0 Å². The predicted octanol–water partition coefficient (Wildman–Crippen LogP) is 4.02. The highest BCUT2D eigenvalue weighted by Gasteiger charge is 2.28. The van der Waals surface area contributed by atoms with Gasteiger partial charge in [-0.05, 0) is 18.9 Å². The fraction of sp³-hybridized carbons (Fsp3) is 0.471. The summed E-state index contributed by atoms with van der Waals surface area (Å²) in [5.74, 6) is 0.605. The highest BCUT2D eigenvalue weighted by molar-refractivity contribution is 6.90. The van der Waals surface area contributed by atoms with Crippen LogP contribution >= 0.6 is 0 Å². The lowest BCUT2D eigenvalue weighted by Gasteiger charge is -2.28. The molecule has 1 rings (SSSR count). The average molecular weight is 274 g/mol. The summed E-state index contributed by atoms with van der Waals surface area (Å²) in [7, 11) is -1.50. The molecule has 0 radical (unpaired) electrons. The van der Waals surface area contributed by atoms with E-state index in [9.17, 15) is 4.79 Å². The predicted molar refractivity (Wildman–Crippen MR) is 86.5 cm³/mol. The van der Waals surface area contributed by atoms with Crippen LogP contribution in [0.1, 0.15) is 20.8 Å². The zero-order valence-corrected chi connectivity index (χ0v) is 13.9. The highest BCUT2D eigenvalue weighted by atomic mass is 28.3. The number of allylic oxidation sites excluding steroid dienone is 1. The van der Waals surface area contributed by atoms with E-state index in [-0.39, 0.29) is 17.6 Å². The second kappa shape index (κ2) is 6.33. The molecule has 19 heavy (non-hydrogen) atoms. The van der Waals surface area contributed by atoms with Crippen molar-refractivity contribution in [1.29, 1.82) is 0 Å². The van der Waals surface area contributed by atoms with Crippen molar-refractivity contribution >= 4 is 19.0 Å². The minimum absolute atomic E-state index is 0.0769. The first-order valence-electron chi connectivity index (χ1n) is 6.99. The van der Waals surface area contributed by atoms with Gasteiger partial charge in [0.2, 0.25) is 0 Å². The van der Waals surface area contributed by atoms with Gasteiger partial charge in [0.1, 0.15) is 5.78 Å². The summed E-state index contributed by atoms with van der Waals surface area (Å²) in [6, 6.07) is 11.8. The van der Waals surface area contributed by atoms with Gasteiger partial charge >= 0.3 is 0 Å². The molecule has 2 unspecified atom stereocenters. The molecule has 0 heterocycles. The quantitative estimate of drug-likeness (QED) is 0.565. The third-order valence-corrected chi connectivity index (χ3v) is 7.49. The maximum Gasteiger partial charge on any atom is 0.133 e. The third kappa shape index (κ3) is 4.17. The summed E-state index contributed by atoms with van der Waals surface area (Å²) in [6.45, 7) is 14.8.